The highest BCUT2D eigenvalue weighted by Crippen LogP contribution is 2.31. The number of amides is 1. The number of ether oxygens (including phenoxy) is 1. The van der Waals surface area contributed by atoms with Crippen molar-refractivity contribution in [3.8, 4) is 0 Å². The lowest BCUT2D eigenvalue weighted by molar-refractivity contribution is -0.138. The van der Waals surface area contributed by atoms with Gasteiger partial charge in [-0.05, 0) is 31.0 Å². The quantitative estimate of drug-likeness (QED) is 0.513. The molecule has 1 aliphatic carbocycles. The molecule has 28 heavy (non-hydrogen) atoms. The summed E-state index contributed by atoms with van der Waals surface area (Å²) in [5.41, 5.74) is 3.57. The van der Waals surface area contributed by atoms with Crippen molar-refractivity contribution < 1.29 is 31.5 Å². The Morgan fingerprint density at radius 3 is 2.54 bits per heavy atom. The first kappa shape index (κ1) is 19.6. The van der Waals surface area contributed by atoms with Gasteiger partial charge in [0.05, 0.1) is 34.9 Å². The molecule has 0 aliphatic heterocycles. The summed E-state index contributed by atoms with van der Waals surface area (Å²) in [7, 11) is 0. The van der Waals surface area contributed by atoms with Crippen LogP contribution >= 0.6 is 0 Å². The minimum absolute atomic E-state index is 0.00691. The van der Waals surface area contributed by atoms with Crippen molar-refractivity contribution in [3.05, 3.63) is 47.3 Å². The van der Waals surface area contributed by atoms with Crippen LogP contribution in [0.2, 0.25) is 0 Å². The van der Waals surface area contributed by atoms with E-state index in [1.807, 2.05) is 0 Å². The molecule has 1 heterocycles. The van der Waals surface area contributed by atoms with Crippen LogP contribution in [0.1, 0.15) is 24.1 Å². The Morgan fingerprint density at radius 2 is 1.93 bits per heavy atom. The van der Waals surface area contributed by atoms with Crippen molar-refractivity contribution in [2.45, 2.75) is 31.7 Å². The van der Waals surface area contributed by atoms with Gasteiger partial charge in [-0.15, -0.1) is 0 Å². The highest BCUT2D eigenvalue weighted by molar-refractivity contribution is 5.90. The van der Waals surface area contributed by atoms with Crippen molar-refractivity contribution in [1.29, 1.82) is 0 Å². The number of nitrogens with one attached hydrogen (secondary N) is 2. The molecule has 0 bridgehead atoms. The fourth-order valence-electron chi connectivity index (χ4n) is 2.25. The van der Waals surface area contributed by atoms with Gasteiger partial charge in [-0.1, -0.05) is 0 Å². The number of nitrogens with two attached hydrogens (primary N) is 1. The van der Waals surface area contributed by atoms with Crippen molar-refractivity contribution in [1.82, 2.24) is 4.98 Å². The molecule has 1 aliphatic rings. The second kappa shape index (κ2) is 7.49. The van der Waals surface area contributed by atoms with Gasteiger partial charge in [0.2, 0.25) is 0 Å². The molecular formula is C17H15F5N4O2. The van der Waals surface area contributed by atoms with E-state index in [0.717, 1.165) is 12.8 Å². The van der Waals surface area contributed by atoms with Gasteiger partial charge in [-0.25, -0.2) is 13.6 Å². The SMILES string of the molecule is Nc1c(NC(=O)OC2CC2)ccc(NCc2ncc(C(F)(F)F)cc2F)c1F. The standard InChI is InChI=1S/C17H15F5N4O2/c18-10-5-8(17(20,21)22)6-24-13(10)7-25-11-3-4-12(15(23)14(11)19)26-16(27)28-9-1-2-9/h3-6,9,25H,1-2,7,23H2,(H,26,27). The molecule has 2 aromatic rings. The van der Waals surface area contributed by atoms with Gasteiger partial charge in [0, 0.05) is 6.20 Å². The van der Waals surface area contributed by atoms with Gasteiger partial charge in [0.1, 0.15) is 11.9 Å². The summed E-state index contributed by atoms with van der Waals surface area (Å²) in [6, 6.07) is 2.86. The molecular weight excluding hydrogens is 387 g/mol. The number of carbonyl (C=O) groups is 1. The maximum Gasteiger partial charge on any atom is 0.417 e. The summed E-state index contributed by atoms with van der Waals surface area (Å²) in [5, 5.41) is 4.83. The fourth-order valence-corrected chi connectivity index (χ4v) is 2.25. The van der Waals surface area contributed by atoms with E-state index in [-0.39, 0.29) is 35.4 Å². The first-order valence-corrected chi connectivity index (χ1v) is 8.16. The van der Waals surface area contributed by atoms with E-state index in [1.165, 1.54) is 12.1 Å². The van der Waals surface area contributed by atoms with Crippen LogP contribution < -0.4 is 16.4 Å². The van der Waals surface area contributed by atoms with Crippen LogP contribution in [-0.2, 0) is 17.5 Å². The predicted molar refractivity (Wildman–Crippen MR) is 90.5 cm³/mol. The zero-order valence-corrected chi connectivity index (χ0v) is 14.2. The maximum atomic E-state index is 14.4. The summed E-state index contributed by atoms with van der Waals surface area (Å²) >= 11 is 0. The minimum atomic E-state index is -4.72. The van der Waals surface area contributed by atoms with Gasteiger partial charge in [0.25, 0.3) is 0 Å². The smallest absolute Gasteiger partial charge is 0.417 e. The molecule has 150 valence electrons. The van der Waals surface area contributed by atoms with E-state index < -0.39 is 29.5 Å². The largest absolute Gasteiger partial charge is 0.446 e. The third-order valence-corrected chi connectivity index (χ3v) is 3.91. The molecule has 0 unspecified atom stereocenters. The number of halogens is 5. The average Bonchev–Trinajstić information content (AvgIpc) is 3.42. The van der Waals surface area contributed by atoms with Gasteiger partial charge in [-0.2, -0.15) is 13.2 Å². The molecule has 1 aromatic heterocycles. The first-order valence-electron chi connectivity index (χ1n) is 8.16. The third-order valence-electron chi connectivity index (χ3n) is 3.91. The number of rotatable bonds is 5. The summed E-state index contributed by atoms with van der Waals surface area (Å²) in [6.45, 7) is -0.378. The number of benzene rings is 1. The zero-order valence-electron chi connectivity index (χ0n) is 14.2. The normalized spacial score (nSPS) is 13.9. The van der Waals surface area contributed by atoms with E-state index in [4.69, 9.17) is 10.5 Å². The van der Waals surface area contributed by atoms with Crippen LogP contribution in [0.25, 0.3) is 0 Å². The van der Waals surface area contributed by atoms with Crippen molar-refractivity contribution >= 4 is 23.2 Å². The van der Waals surface area contributed by atoms with Crippen LogP contribution in [0, 0.1) is 11.6 Å². The lowest BCUT2D eigenvalue weighted by Gasteiger charge is -2.14. The summed E-state index contributed by atoms with van der Waals surface area (Å²) in [6.07, 6.45) is -3.58. The summed E-state index contributed by atoms with van der Waals surface area (Å²) in [5.74, 6) is -2.10. The topological polar surface area (TPSA) is 89.3 Å². The van der Waals surface area contributed by atoms with Gasteiger partial charge in [0.15, 0.2) is 5.82 Å². The Hall–Kier alpha value is -3.11. The number of nitrogens with zero attached hydrogens (tertiary/aromatic N) is 1. The molecule has 1 fully saturated rings. The maximum absolute atomic E-state index is 14.4. The Bertz CT molecular complexity index is 900. The Kier molecular flexibility index (Phi) is 5.25. The fraction of sp³-hybridized carbons (Fsp3) is 0.294. The molecule has 0 radical (unpaired) electrons. The lowest BCUT2D eigenvalue weighted by Crippen LogP contribution is -2.16. The summed E-state index contributed by atoms with van der Waals surface area (Å²) in [4.78, 5) is 15.0. The van der Waals surface area contributed by atoms with Gasteiger partial charge in [-0.3, -0.25) is 10.3 Å². The molecule has 0 spiro atoms. The van der Waals surface area contributed by atoms with E-state index in [0.29, 0.717) is 12.3 Å². The van der Waals surface area contributed by atoms with E-state index in [2.05, 4.69) is 15.6 Å². The molecule has 11 heteroatoms. The molecule has 1 amide bonds. The van der Waals surface area contributed by atoms with Crippen molar-refractivity contribution in [3.63, 3.8) is 0 Å². The van der Waals surface area contributed by atoms with E-state index in [1.54, 1.807) is 0 Å². The number of alkyl halides is 3. The zero-order chi connectivity index (χ0) is 20.5. The molecule has 3 rings (SSSR count). The average molecular weight is 402 g/mol. The van der Waals surface area contributed by atoms with Crippen LogP contribution in [0.5, 0.6) is 0 Å². The van der Waals surface area contributed by atoms with Crippen molar-refractivity contribution in [2.75, 3.05) is 16.4 Å². The molecule has 0 atom stereocenters. The highest BCUT2D eigenvalue weighted by Gasteiger charge is 2.32. The molecule has 6 nitrogen and oxygen atoms in total. The van der Waals surface area contributed by atoms with E-state index >= 15 is 0 Å². The molecule has 4 N–H and O–H groups in total. The van der Waals surface area contributed by atoms with Crippen LogP contribution in [0.4, 0.5) is 43.8 Å². The number of carbonyl (C=O) groups excluding carboxylic acids is 1. The third kappa shape index (κ3) is 4.59. The molecule has 1 saturated carbocycles. The van der Waals surface area contributed by atoms with Crippen molar-refractivity contribution in [2.24, 2.45) is 0 Å². The van der Waals surface area contributed by atoms with Crippen LogP contribution in [-0.4, -0.2) is 17.2 Å². The first-order chi connectivity index (χ1) is 13.1. The second-order valence-electron chi connectivity index (χ2n) is 6.12. The van der Waals surface area contributed by atoms with Gasteiger partial charge >= 0.3 is 12.3 Å². The molecule has 0 saturated heterocycles. The Labute approximate surface area is 155 Å². The van der Waals surface area contributed by atoms with Gasteiger partial charge < -0.3 is 15.8 Å². The number of anilines is 3. The predicted octanol–water partition coefficient (Wildman–Crippen LogP) is 4.28. The molecule has 1 aromatic carbocycles. The number of hydrogen-bond acceptors (Lipinski definition) is 5. The summed E-state index contributed by atoms with van der Waals surface area (Å²) < 4.78 is 70.7. The number of nitrogen functional groups attached to an aromatic ring is 1. The number of aromatic nitrogens is 1. The van der Waals surface area contributed by atoms with Crippen LogP contribution in [0.15, 0.2) is 24.4 Å². The monoisotopic (exact) mass is 402 g/mol. The number of pyridine rings is 1. The number of hydrogen-bond donors (Lipinski definition) is 3. The Morgan fingerprint density at radius 1 is 1.25 bits per heavy atom. The minimum Gasteiger partial charge on any atom is -0.446 e. The highest BCUT2D eigenvalue weighted by atomic mass is 19.4. The van der Waals surface area contributed by atoms with E-state index in [9.17, 15) is 26.7 Å². The second-order valence-corrected chi connectivity index (χ2v) is 6.12. The van der Waals surface area contributed by atoms with Crippen LogP contribution in [0.3, 0.4) is 0 Å². The lowest BCUT2D eigenvalue weighted by atomic mass is 10.2. The Balaban J connectivity index is 1.67.